The molecule has 0 heterocycles. The molecule has 0 aliphatic rings. The van der Waals surface area contributed by atoms with Gasteiger partial charge in [0.05, 0.1) is 18.8 Å². The molecule has 3 N–H and O–H groups in total. The number of carbonyl (C=O) groups excluding carboxylic acids is 1. The highest BCUT2D eigenvalue weighted by Crippen LogP contribution is 2.17. The zero-order chi connectivity index (χ0) is 38.6. The maximum Gasteiger partial charge on any atom is 0.220 e. The van der Waals surface area contributed by atoms with Crippen LogP contribution in [-0.2, 0) is 4.79 Å². The lowest BCUT2D eigenvalue weighted by atomic mass is 10.0. The van der Waals surface area contributed by atoms with E-state index in [1.165, 1.54) is 231 Å². The SMILES string of the molecule is CCCCCCCCCCCCCCCCC/C=C/C(O)C(CO)NC(=O)CCCCCCCCCCCCCCCCCCCCCCCCCC. The Balaban J connectivity index is 3.47. The Morgan fingerprint density at radius 1 is 0.434 bits per heavy atom. The minimum atomic E-state index is -0.834. The fourth-order valence-corrected chi connectivity index (χ4v) is 7.77. The molecule has 2 atom stereocenters. The number of hydrogen-bond donors (Lipinski definition) is 3. The Kier molecular flexibility index (Phi) is 44.8. The third-order valence-corrected chi connectivity index (χ3v) is 11.5. The van der Waals surface area contributed by atoms with E-state index < -0.39 is 12.1 Å². The first-order chi connectivity index (χ1) is 26.2. The topological polar surface area (TPSA) is 69.6 Å². The van der Waals surface area contributed by atoms with E-state index in [4.69, 9.17) is 0 Å². The van der Waals surface area contributed by atoms with Crippen molar-refractivity contribution < 1.29 is 15.0 Å². The second-order valence-electron chi connectivity index (χ2n) is 16.9. The van der Waals surface area contributed by atoms with Gasteiger partial charge in [-0.05, 0) is 19.3 Å². The van der Waals surface area contributed by atoms with E-state index in [9.17, 15) is 15.0 Å². The summed E-state index contributed by atoms with van der Waals surface area (Å²) < 4.78 is 0. The number of aliphatic hydroxyl groups excluding tert-OH is 2. The van der Waals surface area contributed by atoms with Crippen molar-refractivity contribution in [2.24, 2.45) is 0 Å². The van der Waals surface area contributed by atoms with Crippen molar-refractivity contribution in [3.63, 3.8) is 0 Å². The van der Waals surface area contributed by atoms with E-state index in [1.54, 1.807) is 6.08 Å². The van der Waals surface area contributed by atoms with Gasteiger partial charge in [0, 0.05) is 6.42 Å². The minimum absolute atomic E-state index is 0.0577. The number of amides is 1. The summed E-state index contributed by atoms with van der Waals surface area (Å²) in [4.78, 5) is 12.4. The van der Waals surface area contributed by atoms with Crippen LogP contribution in [0.5, 0.6) is 0 Å². The van der Waals surface area contributed by atoms with Crippen molar-refractivity contribution in [1.29, 1.82) is 0 Å². The molecular weight excluding hydrogens is 651 g/mol. The molecule has 0 fully saturated rings. The van der Waals surface area contributed by atoms with E-state index in [-0.39, 0.29) is 12.5 Å². The maximum absolute atomic E-state index is 12.4. The van der Waals surface area contributed by atoms with Crippen LogP contribution in [0.2, 0.25) is 0 Å². The number of aliphatic hydroxyl groups is 2. The van der Waals surface area contributed by atoms with E-state index in [1.807, 2.05) is 6.08 Å². The highest BCUT2D eigenvalue weighted by molar-refractivity contribution is 5.76. The highest BCUT2D eigenvalue weighted by atomic mass is 16.3. The van der Waals surface area contributed by atoms with Crippen molar-refractivity contribution in [3.8, 4) is 0 Å². The Labute approximate surface area is 333 Å². The van der Waals surface area contributed by atoms with Crippen molar-refractivity contribution in [2.45, 2.75) is 289 Å². The summed E-state index contributed by atoms with van der Waals surface area (Å²) in [5, 5.41) is 23.1. The first-order valence-electron chi connectivity index (χ1n) is 24.4. The molecule has 0 radical (unpaired) electrons. The molecule has 0 saturated carbocycles. The average Bonchev–Trinajstić information content (AvgIpc) is 3.16. The van der Waals surface area contributed by atoms with Gasteiger partial charge >= 0.3 is 0 Å². The zero-order valence-corrected chi connectivity index (χ0v) is 36.3. The number of carbonyl (C=O) groups is 1. The summed E-state index contributed by atoms with van der Waals surface area (Å²) >= 11 is 0. The first kappa shape index (κ1) is 52.1. The van der Waals surface area contributed by atoms with Crippen LogP contribution < -0.4 is 5.32 Å². The molecule has 0 spiro atoms. The molecule has 0 aromatic heterocycles. The van der Waals surface area contributed by atoms with Gasteiger partial charge in [-0.25, -0.2) is 0 Å². The van der Waals surface area contributed by atoms with Crippen molar-refractivity contribution in [3.05, 3.63) is 12.2 Å². The molecule has 0 aromatic rings. The summed E-state index contributed by atoms with van der Waals surface area (Å²) in [6.45, 7) is 4.34. The van der Waals surface area contributed by atoms with Crippen LogP contribution in [-0.4, -0.2) is 34.9 Å². The van der Waals surface area contributed by atoms with Gasteiger partial charge in [-0.15, -0.1) is 0 Å². The average molecular weight is 748 g/mol. The van der Waals surface area contributed by atoms with Crippen LogP contribution in [0.25, 0.3) is 0 Å². The van der Waals surface area contributed by atoms with Crippen molar-refractivity contribution >= 4 is 5.91 Å². The number of rotatable bonds is 45. The highest BCUT2D eigenvalue weighted by Gasteiger charge is 2.18. The Bertz CT molecular complexity index is 725. The van der Waals surface area contributed by atoms with Crippen LogP contribution in [0.15, 0.2) is 12.2 Å². The molecule has 0 saturated heterocycles. The van der Waals surface area contributed by atoms with Crippen LogP contribution in [0.3, 0.4) is 0 Å². The summed E-state index contributed by atoms with van der Waals surface area (Å²) in [5.41, 5.74) is 0. The lowest BCUT2D eigenvalue weighted by Crippen LogP contribution is -2.45. The molecule has 0 bridgehead atoms. The third kappa shape index (κ3) is 42.1. The lowest BCUT2D eigenvalue weighted by molar-refractivity contribution is -0.123. The predicted octanol–water partition coefficient (Wildman–Crippen LogP) is 15.4. The molecule has 4 nitrogen and oxygen atoms in total. The second-order valence-corrected chi connectivity index (χ2v) is 16.9. The Morgan fingerprint density at radius 2 is 0.698 bits per heavy atom. The predicted molar refractivity (Wildman–Crippen MR) is 235 cm³/mol. The van der Waals surface area contributed by atoms with Crippen LogP contribution >= 0.6 is 0 Å². The minimum Gasteiger partial charge on any atom is -0.394 e. The van der Waals surface area contributed by atoms with Crippen molar-refractivity contribution in [2.75, 3.05) is 6.61 Å². The smallest absolute Gasteiger partial charge is 0.220 e. The van der Waals surface area contributed by atoms with E-state index in [2.05, 4.69) is 19.2 Å². The summed E-state index contributed by atoms with van der Waals surface area (Å²) in [7, 11) is 0. The molecule has 0 aliphatic carbocycles. The molecule has 1 amide bonds. The van der Waals surface area contributed by atoms with E-state index >= 15 is 0 Å². The first-order valence-corrected chi connectivity index (χ1v) is 24.4. The third-order valence-electron chi connectivity index (χ3n) is 11.5. The van der Waals surface area contributed by atoms with Crippen LogP contribution in [0.1, 0.15) is 277 Å². The van der Waals surface area contributed by atoms with Crippen molar-refractivity contribution in [1.82, 2.24) is 5.32 Å². The molecular formula is C49H97NO3. The number of unbranched alkanes of at least 4 members (excludes halogenated alkanes) is 38. The summed E-state index contributed by atoms with van der Waals surface area (Å²) in [6, 6.07) is -0.617. The van der Waals surface area contributed by atoms with Gasteiger partial charge < -0.3 is 15.5 Å². The normalized spacial score (nSPS) is 12.9. The number of hydrogen-bond acceptors (Lipinski definition) is 3. The molecule has 0 rings (SSSR count). The zero-order valence-electron chi connectivity index (χ0n) is 36.3. The van der Waals surface area contributed by atoms with Gasteiger partial charge in [-0.3, -0.25) is 4.79 Å². The lowest BCUT2D eigenvalue weighted by Gasteiger charge is -2.20. The summed E-state index contributed by atoms with van der Waals surface area (Å²) in [5.74, 6) is -0.0577. The quantitative estimate of drug-likeness (QED) is 0.0429. The molecule has 0 aromatic carbocycles. The fraction of sp³-hybridized carbons (Fsp3) is 0.939. The summed E-state index contributed by atoms with van der Waals surface area (Å²) in [6.07, 6.45) is 57.7. The maximum atomic E-state index is 12.4. The van der Waals surface area contributed by atoms with Gasteiger partial charge in [0.1, 0.15) is 0 Å². The second kappa shape index (κ2) is 45.5. The van der Waals surface area contributed by atoms with Gasteiger partial charge in [-0.1, -0.05) is 264 Å². The number of nitrogens with one attached hydrogen (secondary N) is 1. The standard InChI is InChI=1S/C49H97NO3/c1-3-5-7-9-11-13-15-17-19-21-22-23-24-25-26-27-29-31-33-35-37-39-41-43-45-49(53)50-47(46-51)48(52)44-42-40-38-36-34-32-30-28-20-18-16-14-12-10-8-6-4-2/h42,44,47-48,51-52H,3-41,43,45-46H2,1-2H3,(H,50,53)/b44-42+. The van der Waals surface area contributed by atoms with E-state index in [0.717, 1.165) is 25.7 Å². The number of allylic oxidation sites excluding steroid dienone is 1. The van der Waals surface area contributed by atoms with Gasteiger partial charge in [0.25, 0.3) is 0 Å². The largest absolute Gasteiger partial charge is 0.394 e. The van der Waals surface area contributed by atoms with Gasteiger partial charge in [-0.2, -0.15) is 0 Å². The van der Waals surface area contributed by atoms with E-state index in [0.29, 0.717) is 6.42 Å². The Hall–Kier alpha value is -0.870. The van der Waals surface area contributed by atoms with Gasteiger partial charge in [0.15, 0.2) is 0 Å². The monoisotopic (exact) mass is 748 g/mol. The molecule has 0 aliphatic heterocycles. The molecule has 316 valence electrons. The van der Waals surface area contributed by atoms with Gasteiger partial charge in [0.2, 0.25) is 5.91 Å². The van der Waals surface area contributed by atoms with Crippen LogP contribution in [0, 0.1) is 0 Å². The van der Waals surface area contributed by atoms with Crippen LogP contribution in [0.4, 0.5) is 0 Å². The fourth-order valence-electron chi connectivity index (χ4n) is 7.77. The molecule has 53 heavy (non-hydrogen) atoms. The molecule has 4 heteroatoms. The Morgan fingerprint density at radius 3 is 0.981 bits per heavy atom. The molecule has 2 unspecified atom stereocenters.